The zero-order chi connectivity index (χ0) is 18.6. The van der Waals surface area contributed by atoms with Gasteiger partial charge in [-0.25, -0.2) is 0 Å². The molecule has 5 aliphatic rings. The number of fused-ring (bicyclic) bond motifs is 5. The SMILES string of the molecule is CC1=C[C@]23C(=O)[C@@H](C=C4COCO[C@H]4[C@]2(O)[C@@H]1O)[C@H]1[C@@H](C[C@H]3C)C1(C)C. The number of rotatable bonds is 0. The smallest absolute Gasteiger partial charge is 0.153 e. The third-order valence-corrected chi connectivity index (χ3v) is 8.30. The molecule has 142 valence electrons. The Labute approximate surface area is 154 Å². The molecule has 0 aromatic heterocycles. The van der Waals surface area contributed by atoms with Crippen LogP contribution in [0.4, 0.5) is 0 Å². The van der Waals surface area contributed by atoms with Crippen LogP contribution in [0.5, 0.6) is 0 Å². The maximum atomic E-state index is 14.0. The number of ketones is 1. The predicted molar refractivity (Wildman–Crippen MR) is 94.0 cm³/mol. The van der Waals surface area contributed by atoms with Gasteiger partial charge in [0.1, 0.15) is 24.6 Å². The first kappa shape index (κ1) is 17.1. The summed E-state index contributed by atoms with van der Waals surface area (Å²) in [7, 11) is 0. The molecule has 3 fully saturated rings. The van der Waals surface area contributed by atoms with Crippen LogP contribution < -0.4 is 0 Å². The number of hydrogen-bond donors (Lipinski definition) is 2. The van der Waals surface area contributed by atoms with E-state index in [0.29, 0.717) is 18.1 Å². The number of aliphatic hydroxyl groups excluding tert-OH is 1. The van der Waals surface area contributed by atoms with Crippen molar-refractivity contribution in [2.75, 3.05) is 13.4 Å². The van der Waals surface area contributed by atoms with Crippen LogP contribution in [0.15, 0.2) is 23.3 Å². The molecule has 2 saturated carbocycles. The van der Waals surface area contributed by atoms with E-state index in [2.05, 4.69) is 20.8 Å². The second-order valence-corrected chi connectivity index (χ2v) is 9.72. The molecule has 4 aliphatic carbocycles. The van der Waals surface area contributed by atoms with Crippen molar-refractivity contribution >= 4 is 5.78 Å². The summed E-state index contributed by atoms with van der Waals surface area (Å²) in [6, 6.07) is 0. The van der Waals surface area contributed by atoms with Crippen molar-refractivity contribution in [2.24, 2.45) is 34.5 Å². The summed E-state index contributed by atoms with van der Waals surface area (Å²) in [4.78, 5) is 14.0. The highest BCUT2D eigenvalue weighted by Gasteiger charge is 2.76. The number of hydrogen-bond acceptors (Lipinski definition) is 5. The Kier molecular flexibility index (Phi) is 3.21. The van der Waals surface area contributed by atoms with Crippen LogP contribution in [0.2, 0.25) is 0 Å². The van der Waals surface area contributed by atoms with Gasteiger partial charge in [0.05, 0.1) is 12.0 Å². The number of ether oxygens (including phenoxy) is 2. The predicted octanol–water partition coefficient (Wildman–Crippen LogP) is 1.83. The molecule has 5 rings (SSSR count). The summed E-state index contributed by atoms with van der Waals surface area (Å²) in [5.74, 6) is 0.463. The first-order valence-electron chi connectivity index (χ1n) is 9.71. The Morgan fingerprint density at radius 3 is 2.77 bits per heavy atom. The van der Waals surface area contributed by atoms with Crippen LogP contribution in [0.1, 0.15) is 34.1 Å². The number of aliphatic hydroxyl groups is 2. The number of Topliss-reactive ketones (excluding diaryl/α,β-unsaturated/α-hetero) is 1. The molecule has 0 radical (unpaired) electrons. The van der Waals surface area contributed by atoms with Gasteiger partial charge in [-0.3, -0.25) is 4.79 Å². The van der Waals surface area contributed by atoms with Gasteiger partial charge in [-0.15, -0.1) is 0 Å². The molecular formula is C21H28O5. The molecule has 0 amide bonds. The van der Waals surface area contributed by atoms with Gasteiger partial charge in [0.25, 0.3) is 0 Å². The third kappa shape index (κ3) is 1.65. The largest absolute Gasteiger partial charge is 0.386 e. The lowest BCUT2D eigenvalue weighted by atomic mass is 9.59. The fourth-order valence-corrected chi connectivity index (χ4v) is 6.90. The average Bonchev–Trinajstić information content (AvgIpc) is 3.10. The van der Waals surface area contributed by atoms with Gasteiger partial charge in [-0.1, -0.05) is 32.9 Å². The molecule has 26 heavy (non-hydrogen) atoms. The van der Waals surface area contributed by atoms with Gasteiger partial charge >= 0.3 is 0 Å². The van der Waals surface area contributed by atoms with Crippen LogP contribution in [-0.2, 0) is 14.3 Å². The fraction of sp³-hybridized carbons (Fsp3) is 0.762. The number of allylic oxidation sites excluding steroid dienone is 1. The molecule has 8 atom stereocenters. The minimum atomic E-state index is -1.67. The van der Waals surface area contributed by atoms with Crippen molar-refractivity contribution in [1.82, 2.24) is 0 Å². The van der Waals surface area contributed by atoms with Crippen molar-refractivity contribution in [2.45, 2.75) is 51.9 Å². The monoisotopic (exact) mass is 360 g/mol. The Hall–Kier alpha value is -1.01. The molecule has 5 heteroatoms. The van der Waals surface area contributed by atoms with Gasteiger partial charge < -0.3 is 19.7 Å². The molecule has 0 aromatic carbocycles. The highest BCUT2D eigenvalue weighted by atomic mass is 16.7. The summed E-state index contributed by atoms with van der Waals surface area (Å²) in [5, 5.41) is 23.0. The second kappa shape index (κ2) is 4.88. The van der Waals surface area contributed by atoms with E-state index in [-0.39, 0.29) is 35.7 Å². The van der Waals surface area contributed by atoms with Crippen LogP contribution >= 0.6 is 0 Å². The maximum absolute atomic E-state index is 14.0. The third-order valence-electron chi connectivity index (χ3n) is 8.30. The van der Waals surface area contributed by atoms with Crippen LogP contribution in [-0.4, -0.2) is 47.2 Å². The molecular weight excluding hydrogens is 332 g/mol. The fourth-order valence-electron chi connectivity index (χ4n) is 6.90. The minimum Gasteiger partial charge on any atom is -0.386 e. The zero-order valence-electron chi connectivity index (χ0n) is 15.9. The molecule has 0 aromatic rings. The van der Waals surface area contributed by atoms with Gasteiger partial charge in [0, 0.05) is 5.92 Å². The van der Waals surface area contributed by atoms with Crippen molar-refractivity contribution in [3.63, 3.8) is 0 Å². The van der Waals surface area contributed by atoms with Crippen molar-refractivity contribution < 1.29 is 24.5 Å². The van der Waals surface area contributed by atoms with E-state index in [1.54, 1.807) is 6.92 Å². The second-order valence-electron chi connectivity index (χ2n) is 9.72. The van der Waals surface area contributed by atoms with Crippen molar-refractivity contribution in [1.29, 1.82) is 0 Å². The minimum absolute atomic E-state index is 0.0481. The molecule has 0 unspecified atom stereocenters. The standard InChI is InChI=1S/C21H28O5/c1-10-7-20-11(2)5-14-15(19(14,3)4)13(17(20)23)6-12-8-25-9-26-18(12)21(20,24)16(10)22/h6-7,11,13-16,18,22,24H,5,8-9H2,1-4H3/t11-,13+,14-,15+,16-,18-,20+,21-/m1/s1. The molecule has 1 spiro atoms. The average molecular weight is 360 g/mol. The Morgan fingerprint density at radius 2 is 2.04 bits per heavy atom. The summed E-state index contributed by atoms with van der Waals surface area (Å²) >= 11 is 0. The summed E-state index contributed by atoms with van der Waals surface area (Å²) in [6.45, 7) is 8.75. The van der Waals surface area contributed by atoms with E-state index < -0.39 is 23.2 Å². The van der Waals surface area contributed by atoms with Crippen LogP contribution in [0.25, 0.3) is 0 Å². The lowest BCUT2D eigenvalue weighted by Gasteiger charge is -2.50. The van der Waals surface area contributed by atoms with E-state index in [4.69, 9.17) is 9.47 Å². The molecule has 1 heterocycles. The molecule has 1 aliphatic heterocycles. The van der Waals surface area contributed by atoms with Gasteiger partial charge in [0.15, 0.2) is 5.78 Å². The summed E-state index contributed by atoms with van der Waals surface area (Å²) in [5.41, 5.74) is -1.18. The van der Waals surface area contributed by atoms with Gasteiger partial charge in [-0.2, -0.15) is 0 Å². The van der Waals surface area contributed by atoms with E-state index in [1.807, 2.05) is 12.2 Å². The van der Waals surface area contributed by atoms with E-state index in [9.17, 15) is 15.0 Å². The van der Waals surface area contributed by atoms with E-state index in [0.717, 1.165) is 12.0 Å². The quantitative estimate of drug-likeness (QED) is 0.645. The Morgan fingerprint density at radius 1 is 1.31 bits per heavy atom. The lowest BCUT2D eigenvalue weighted by Crippen LogP contribution is -2.66. The summed E-state index contributed by atoms with van der Waals surface area (Å²) in [6.07, 6.45) is 2.93. The van der Waals surface area contributed by atoms with Crippen LogP contribution in [0, 0.1) is 34.5 Å². The van der Waals surface area contributed by atoms with E-state index >= 15 is 0 Å². The van der Waals surface area contributed by atoms with Crippen LogP contribution in [0.3, 0.4) is 0 Å². The molecule has 1 saturated heterocycles. The molecule has 5 nitrogen and oxygen atoms in total. The molecule has 2 bridgehead atoms. The molecule has 2 N–H and O–H groups in total. The first-order valence-corrected chi connectivity index (χ1v) is 9.71. The summed E-state index contributed by atoms with van der Waals surface area (Å²) < 4.78 is 11.3. The Bertz CT molecular complexity index is 752. The van der Waals surface area contributed by atoms with Gasteiger partial charge in [-0.05, 0) is 47.7 Å². The highest BCUT2D eigenvalue weighted by molar-refractivity contribution is 5.95. The topological polar surface area (TPSA) is 76.0 Å². The van der Waals surface area contributed by atoms with Gasteiger partial charge in [0.2, 0.25) is 0 Å². The first-order chi connectivity index (χ1) is 12.2. The van der Waals surface area contributed by atoms with Crippen molar-refractivity contribution in [3.05, 3.63) is 23.3 Å². The lowest BCUT2D eigenvalue weighted by molar-refractivity contribution is -0.231. The highest BCUT2D eigenvalue weighted by Crippen LogP contribution is 2.71. The zero-order valence-corrected chi connectivity index (χ0v) is 15.9. The van der Waals surface area contributed by atoms with E-state index in [1.165, 1.54) is 0 Å². The maximum Gasteiger partial charge on any atom is 0.153 e. The normalized spacial score (nSPS) is 54.2. The number of carbonyl (C=O) groups excluding carboxylic acids is 1. The van der Waals surface area contributed by atoms with Crippen molar-refractivity contribution in [3.8, 4) is 0 Å². The number of carbonyl (C=O) groups is 1. The Balaban J connectivity index is 1.78.